The van der Waals surface area contributed by atoms with Gasteiger partial charge in [0.15, 0.2) is 11.5 Å². The highest BCUT2D eigenvalue weighted by atomic mass is 19.4. The average Bonchev–Trinajstić information content (AvgIpc) is 2.92. The second kappa shape index (κ2) is 11.3. The molecule has 4 rings (SSSR count). The molecule has 1 heterocycles. The van der Waals surface area contributed by atoms with Crippen molar-refractivity contribution in [3.05, 3.63) is 94.5 Å². The number of carbonyl (C=O) groups is 1. The molecule has 0 bridgehead atoms. The standard InChI is InChI=1S/C29H31F3N2O3/c1-33-28(35)27(20-7-5-4-6-8-20)34-16-15-21-17-25(36-2)26(37-3)18-23(21)24(34)14-11-19-9-12-22(13-10-19)29(30,31)32/h4-10,12-13,17-18,24,27H,11,14-16H2,1-3H3,(H,33,35)/t24-,27+/m0/s1/i7T,8T. The van der Waals surface area contributed by atoms with Gasteiger partial charge in [0.1, 0.15) is 6.04 Å². The summed E-state index contributed by atoms with van der Waals surface area (Å²) in [6, 6.07) is 12.6. The molecule has 196 valence electrons. The summed E-state index contributed by atoms with van der Waals surface area (Å²) >= 11 is 0. The molecule has 1 aliphatic rings. The number of nitrogens with zero attached hydrogens (tertiary/aromatic N) is 1. The van der Waals surface area contributed by atoms with E-state index in [-0.39, 0.29) is 24.0 Å². The van der Waals surface area contributed by atoms with Crippen molar-refractivity contribution >= 4 is 5.91 Å². The summed E-state index contributed by atoms with van der Waals surface area (Å²) in [5, 5.41) is 2.70. The van der Waals surface area contributed by atoms with Gasteiger partial charge in [0.2, 0.25) is 5.91 Å². The average molecular weight is 517 g/mol. The Morgan fingerprint density at radius 2 is 1.76 bits per heavy atom. The number of hydrogen-bond donors (Lipinski definition) is 1. The highest BCUT2D eigenvalue weighted by Gasteiger charge is 2.37. The van der Waals surface area contributed by atoms with Crippen molar-refractivity contribution in [1.82, 2.24) is 10.2 Å². The number of halogens is 3. The molecule has 0 aliphatic carbocycles. The summed E-state index contributed by atoms with van der Waals surface area (Å²) in [7, 11) is 4.62. The molecule has 0 unspecified atom stereocenters. The van der Waals surface area contributed by atoms with Gasteiger partial charge in [-0.05, 0) is 65.8 Å². The van der Waals surface area contributed by atoms with Crippen LogP contribution in [0, 0.1) is 0 Å². The van der Waals surface area contributed by atoms with E-state index in [0.717, 1.165) is 28.8 Å². The fourth-order valence-corrected chi connectivity index (χ4v) is 4.95. The van der Waals surface area contributed by atoms with Crippen LogP contribution in [0.3, 0.4) is 0 Å². The summed E-state index contributed by atoms with van der Waals surface area (Å²) in [4.78, 5) is 15.3. The second-order valence-corrected chi connectivity index (χ2v) is 8.89. The number of amides is 1. The topological polar surface area (TPSA) is 50.8 Å². The predicted octanol–water partition coefficient (Wildman–Crippen LogP) is 5.74. The van der Waals surface area contributed by atoms with Gasteiger partial charge in [0, 0.05) is 19.6 Å². The second-order valence-electron chi connectivity index (χ2n) is 8.89. The maximum Gasteiger partial charge on any atom is 0.416 e. The summed E-state index contributed by atoms with van der Waals surface area (Å²) in [5.41, 5.74) is 2.26. The van der Waals surface area contributed by atoms with E-state index in [9.17, 15) is 18.0 Å². The van der Waals surface area contributed by atoms with Crippen LogP contribution in [0.5, 0.6) is 11.5 Å². The number of carbonyl (C=O) groups excluding carboxylic acids is 1. The largest absolute Gasteiger partial charge is 0.493 e. The normalized spacial score (nSPS) is 17.3. The molecule has 0 saturated heterocycles. The van der Waals surface area contributed by atoms with Gasteiger partial charge in [-0.15, -0.1) is 0 Å². The number of benzene rings is 3. The van der Waals surface area contributed by atoms with Crippen molar-refractivity contribution in [2.45, 2.75) is 37.5 Å². The van der Waals surface area contributed by atoms with Gasteiger partial charge in [-0.3, -0.25) is 9.69 Å². The number of fused-ring (bicyclic) bond motifs is 1. The number of nitrogens with one attached hydrogen (secondary N) is 1. The molecule has 0 fully saturated rings. The number of alkyl halides is 3. The first-order valence-corrected chi connectivity index (χ1v) is 12.0. The van der Waals surface area contributed by atoms with E-state index < -0.39 is 17.8 Å². The van der Waals surface area contributed by atoms with E-state index in [1.165, 1.54) is 26.3 Å². The summed E-state index contributed by atoms with van der Waals surface area (Å²) < 4.78 is 67.3. The zero-order valence-corrected chi connectivity index (χ0v) is 21.0. The highest BCUT2D eigenvalue weighted by Crippen LogP contribution is 2.43. The van der Waals surface area contributed by atoms with Gasteiger partial charge < -0.3 is 14.8 Å². The van der Waals surface area contributed by atoms with E-state index in [4.69, 9.17) is 12.2 Å². The highest BCUT2D eigenvalue weighted by molar-refractivity contribution is 5.83. The Kier molecular flexibility index (Phi) is 7.26. The number of methoxy groups -OCH3 is 2. The fraction of sp³-hybridized carbons (Fsp3) is 0.345. The van der Waals surface area contributed by atoms with Gasteiger partial charge in [0.05, 0.1) is 22.5 Å². The van der Waals surface area contributed by atoms with Gasteiger partial charge in [-0.1, -0.05) is 42.4 Å². The first-order valence-electron chi connectivity index (χ1n) is 13.0. The van der Waals surface area contributed by atoms with Gasteiger partial charge in [-0.2, -0.15) is 13.2 Å². The van der Waals surface area contributed by atoms with Crippen molar-refractivity contribution in [2.75, 3.05) is 27.8 Å². The number of likely N-dealkylation sites (N-methyl/N-ethyl adjacent to an activating group) is 1. The van der Waals surface area contributed by atoms with Crippen molar-refractivity contribution in [1.29, 1.82) is 0 Å². The van der Waals surface area contributed by atoms with E-state index in [2.05, 4.69) is 5.32 Å². The van der Waals surface area contributed by atoms with Crippen molar-refractivity contribution in [3.63, 3.8) is 0 Å². The van der Waals surface area contributed by atoms with Crippen molar-refractivity contribution in [2.24, 2.45) is 0 Å². The van der Waals surface area contributed by atoms with E-state index in [0.29, 0.717) is 42.9 Å². The molecule has 0 saturated carbocycles. The smallest absolute Gasteiger partial charge is 0.416 e. The third kappa shape index (κ3) is 5.74. The Hall–Kier alpha value is -3.52. The monoisotopic (exact) mass is 516 g/mol. The van der Waals surface area contributed by atoms with Crippen molar-refractivity contribution in [3.8, 4) is 11.5 Å². The van der Waals surface area contributed by atoms with Crippen LogP contribution >= 0.6 is 0 Å². The predicted molar refractivity (Wildman–Crippen MR) is 136 cm³/mol. The molecule has 0 aromatic heterocycles. The van der Waals surface area contributed by atoms with Crippen LogP contribution in [0.1, 0.15) is 49.1 Å². The maximum absolute atomic E-state index is 13.3. The van der Waals surface area contributed by atoms with Crippen LogP contribution in [0.4, 0.5) is 13.2 Å². The minimum Gasteiger partial charge on any atom is -0.493 e. The molecule has 3 aromatic carbocycles. The lowest BCUT2D eigenvalue weighted by Crippen LogP contribution is -2.44. The number of rotatable bonds is 8. The van der Waals surface area contributed by atoms with Gasteiger partial charge in [0.25, 0.3) is 0 Å². The summed E-state index contributed by atoms with van der Waals surface area (Å²) in [6.45, 7) is 0.464. The molecule has 0 spiro atoms. The lowest BCUT2D eigenvalue weighted by molar-refractivity contribution is -0.137. The summed E-state index contributed by atoms with van der Waals surface area (Å²) in [6.07, 6.45) is -2.89. The molecular formula is C29H31F3N2O3. The molecule has 2 atom stereocenters. The lowest BCUT2D eigenvalue weighted by atomic mass is 9.86. The summed E-state index contributed by atoms with van der Waals surface area (Å²) in [5.74, 6) is 0.766. The first kappa shape index (κ1) is 23.9. The first-order chi connectivity index (χ1) is 18.6. The van der Waals surface area contributed by atoms with Gasteiger partial charge in [-0.25, -0.2) is 0 Å². The van der Waals surface area contributed by atoms with Crippen LogP contribution in [0.2, 0.25) is 0 Å². The van der Waals surface area contributed by atoms with Crippen molar-refractivity contribution < 1.29 is 30.2 Å². The molecule has 37 heavy (non-hydrogen) atoms. The Morgan fingerprint density at radius 1 is 1.11 bits per heavy atom. The Bertz CT molecular complexity index is 1310. The Morgan fingerprint density at radius 3 is 2.35 bits per heavy atom. The van der Waals surface area contributed by atoms with Crippen LogP contribution in [0.25, 0.3) is 0 Å². The van der Waals surface area contributed by atoms with E-state index in [1.807, 2.05) is 17.0 Å². The number of ether oxygens (including phenoxy) is 2. The third-order valence-corrected chi connectivity index (χ3v) is 6.80. The molecular weight excluding hydrogens is 481 g/mol. The molecule has 1 aliphatic heterocycles. The third-order valence-electron chi connectivity index (χ3n) is 6.80. The van der Waals surface area contributed by atoms with Gasteiger partial charge >= 0.3 is 6.18 Å². The molecule has 8 heteroatoms. The molecule has 5 nitrogen and oxygen atoms in total. The van der Waals surface area contributed by atoms with Crippen LogP contribution in [0.15, 0.2) is 66.7 Å². The van der Waals surface area contributed by atoms with Crippen LogP contribution in [-0.2, 0) is 23.8 Å². The Labute approximate surface area is 218 Å². The zero-order valence-electron chi connectivity index (χ0n) is 23.0. The SMILES string of the molecule is [3H]c1cccc([3H])c1[C@H](C(=O)NC)N1CCc2cc(OC)c(OC)cc2[C@@H]1CCc1ccc(C(F)(F)F)cc1. The lowest BCUT2D eigenvalue weighted by Gasteiger charge is -2.42. The zero-order chi connectivity index (χ0) is 28.3. The number of aryl methyl sites for hydroxylation is 1. The Balaban J connectivity index is 1.78. The van der Waals surface area contributed by atoms with Crippen LogP contribution < -0.4 is 14.8 Å². The quantitative estimate of drug-likeness (QED) is 0.415. The molecule has 0 radical (unpaired) electrons. The van der Waals surface area contributed by atoms with E-state index >= 15 is 0 Å². The maximum atomic E-state index is 13.3. The van der Waals surface area contributed by atoms with E-state index in [1.54, 1.807) is 25.3 Å². The number of hydrogen-bond acceptors (Lipinski definition) is 4. The molecule has 3 aromatic rings. The minimum absolute atomic E-state index is 0.0932. The molecule has 1 N–H and O–H groups in total. The fourth-order valence-electron chi connectivity index (χ4n) is 4.95. The van der Waals surface area contributed by atoms with Crippen LogP contribution in [-0.4, -0.2) is 38.6 Å². The molecule has 1 amide bonds. The minimum atomic E-state index is -4.41.